The summed E-state index contributed by atoms with van der Waals surface area (Å²) in [5.74, 6) is 0.245. The molecular formula is C14H22N2O. The quantitative estimate of drug-likeness (QED) is 0.786. The van der Waals surface area contributed by atoms with Crippen molar-refractivity contribution in [3.8, 4) is 0 Å². The fourth-order valence-corrected chi connectivity index (χ4v) is 1.56. The molecule has 0 aliphatic rings. The highest BCUT2D eigenvalue weighted by atomic mass is 16.1. The van der Waals surface area contributed by atoms with Crippen LogP contribution in [0.15, 0.2) is 18.3 Å². The molecular weight excluding hydrogens is 212 g/mol. The van der Waals surface area contributed by atoms with Crippen molar-refractivity contribution < 1.29 is 4.79 Å². The van der Waals surface area contributed by atoms with Crippen molar-refractivity contribution >= 4 is 5.78 Å². The molecule has 17 heavy (non-hydrogen) atoms. The van der Waals surface area contributed by atoms with Crippen LogP contribution in [0.25, 0.3) is 0 Å². The fraction of sp³-hybridized carbons (Fsp3) is 0.571. The lowest BCUT2D eigenvalue weighted by molar-refractivity contribution is -0.118. The SMILES string of the molecule is CCc1ccc(CC(=O)CCNC(C)C)nc1. The van der Waals surface area contributed by atoms with Crippen LogP contribution < -0.4 is 5.32 Å². The highest BCUT2D eigenvalue weighted by Gasteiger charge is 2.05. The number of hydrogen-bond donors (Lipinski definition) is 1. The Kier molecular flexibility index (Phi) is 5.84. The summed E-state index contributed by atoms with van der Waals surface area (Å²) in [6, 6.07) is 4.43. The molecule has 1 rings (SSSR count). The Hall–Kier alpha value is -1.22. The molecule has 0 bridgehead atoms. The van der Waals surface area contributed by atoms with Gasteiger partial charge in [-0.2, -0.15) is 0 Å². The van der Waals surface area contributed by atoms with E-state index in [0.29, 0.717) is 18.9 Å². The van der Waals surface area contributed by atoms with E-state index in [1.54, 1.807) is 0 Å². The van der Waals surface area contributed by atoms with Crippen molar-refractivity contribution in [3.05, 3.63) is 29.6 Å². The van der Waals surface area contributed by atoms with Crippen molar-refractivity contribution in [2.45, 2.75) is 46.1 Å². The number of nitrogens with one attached hydrogen (secondary N) is 1. The number of ketones is 1. The van der Waals surface area contributed by atoms with E-state index in [0.717, 1.165) is 18.7 Å². The molecule has 0 saturated heterocycles. The topological polar surface area (TPSA) is 42.0 Å². The maximum atomic E-state index is 11.7. The normalized spacial score (nSPS) is 10.8. The van der Waals surface area contributed by atoms with Crippen molar-refractivity contribution in [2.24, 2.45) is 0 Å². The molecule has 0 unspecified atom stereocenters. The zero-order valence-corrected chi connectivity index (χ0v) is 11.0. The monoisotopic (exact) mass is 234 g/mol. The summed E-state index contributed by atoms with van der Waals surface area (Å²) in [7, 11) is 0. The smallest absolute Gasteiger partial charge is 0.140 e. The van der Waals surface area contributed by atoms with Gasteiger partial charge in [0.1, 0.15) is 5.78 Å². The van der Waals surface area contributed by atoms with Crippen molar-refractivity contribution in [1.82, 2.24) is 10.3 Å². The van der Waals surface area contributed by atoms with Crippen molar-refractivity contribution in [1.29, 1.82) is 0 Å². The minimum absolute atomic E-state index is 0.245. The second kappa shape index (κ2) is 7.17. The van der Waals surface area contributed by atoms with Gasteiger partial charge in [0.05, 0.1) is 0 Å². The first-order chi connectivity index (χ1) is 8.11. The van der Waals surface area contributed by atoms with Crippen molar-refractivity contribution in [2.75, 3.05) is 6.54 Å². The summed E-state index contributed by atoms with van der Waals surface area (Å²) in [5, 5.41) is 3.24. The van der Waals surface area contributed by atoms with Gasteiger partial charge in [-0.1, -0.05) is 26.8 Å². The molecule has 0 atom stereocenters. The van der Waals surface area contributed by atoms with Crippen LogP contribution in [0.5, 0.6) is 0 Å². The van der Waals surface area contributed by atoms with Gasteiger partial charge in [-0.3, -0.25) is 9.78 Å². The Morgan fingerprint density at radius 1 is 1.41 bits per heavy atom. The average molecular weight is 234 g/mol. The standard InChI is InChI=1S/C14H22N2O/c1-4-12-5-6-13(16-10-12)9-14(17)7-8-15-11(2)3/h5-6,10-11,15H,4,7-9H2,1-3H3. The van der Waals surface area contributed by atoms with Crippen LogP contribution in [0.3, 0.4) is 0 Å². The van der Waals surface area contributed by atoms with Crippen LogP contribution in [0, 0.1) is 0 Å². The molecule has 1 N–H and O–H groups in total. The summed E-state index contributed by atoms with van der Waals surface area (Å²) in [5.41, 5.74) is 2.08. The van der Waals surface area contributed by atoms with Gasteiger partial charge in [0.15, 0.2) is 0 Å². The summed E-state index contributed by atoms with van der Waals surface area (Å²) in [6.45, 7) is 7.01. The molecule has 0 radical (unpaired) electrons. The summed E-state index contributed by atoms with van der Waals surface area (Å²) in [4.78, 5) is 16.0. The number of aryl methyl sites for hydroxylation is 1. The fourth-order valence-electron chi connectivity index (χ4n) is 1.56. The lowest BCUT2D eigenvalue weighted by atomic mass is 10.1. The summed E-state index contributed by atoms with van der Waals surface area (Å²) < 4.78 is 0. The van der Waals surface area contributed by atoms with Gasteiger partial charge in [-0.05, 0) is 18.1 Å². The predicted octanol–water partition coefficient (Wildman–Crippen LogP) is 2.14. The molecule has 0 saturated carbocycles. The maximum Gasteiger partial charge on any atom is 0.140 e. The molecule has 3 heteroatoms. The van der Waals surface area contributed by atoms with Crippen molar-refractivity contribution in [3.63, 3.8) is 0 Å². The second-order valence-electron chi connectivity index (χ2n) is 4.59. The number of nitrogens with zero attached hydrogens (tertiary/aromatic N) is 1. The predicted molar refractivity (Wildman–Crippen MR) is 70.1 cm³/mol. The third kappa shape index (κ3) is 5.59. The Morgan fingerprint density at radius 3 is 2.71 bits per heavy atom. The molecule has 1 heterocycles. The summed E-state index contributed by atoms with van der Waals surface area (Å²) >= 11 is 0. The van der Waals surface area contributed by atoms with Gasteiger partial charge in [-0.15, -0.1) is 0 Å². The van der Waals surface area contributed by atoms with E-state index in [2.05, 4.69) is 31.1 Å². The zero-order chi connectivity index (χ0) is 12.7. The van der Waals surface area contributed by atoms with Crippen LogP contribution in [-0.4, -0.2) is 23.4 Å². The van der Waals surface area contributed by atoms with Crippen LogP contribution in [-0.2, 0) is 17.6 Å². The minimum atomic E-state index is 0.245. The number of hydrogen-bond acceptors (Lipinski definition) is 3. The van der Waals surface area contributed by atoms with Gasteiger partial charge < -0.3 is 5.32 Å². The minimum Gasteiger partial charge on any atom is -0.314 e. The number of carbonyl (C=O) groups excluding carboxylic acids is 1. The highest BCUT2D eigenvalue weighted by molar-refractivity contribution is 5.80. The number of pyridine rings is 1. The van der Waals surface area contributed by atoms with Crippen LogP contribution >= 0.6 is 0 Å². The molecule has 0 spiro atoms. The van der Waals surface area contributed by atoms with Crippen LogP contribution in [0.2, 0.25) is 0 Å². The summed E-state index contributed by atoms with van der Waals surface area (Å²) in [6.07, 6.45) is 3.87. The number of Topliss-reactive ketones (excluding diaryl/α,β-unsaturated/α-hetero) is 1. The van der Waals surface area contributed by atoms with E-state index in [1.807, 2.05) is 18.3 Å². The maximum absolute atomic E-state index is 11.7. The van der Waals surface area contributed by atoms with E-state index in [9.17, 15) is 4.79 Å². The molecule has 1 aromatic rings. The molecule has 3 nitrogen and oxygen atoms in total. The third-order valence-corrected chi connectivity index (χ3v) is 2.63. The number of carbonyl (C=O) groups is 1. The molecule has 0 fully saturated rings. The number of rotatable bonds is 7. The first-order valence-corrected chi connectivity index (χ1v) is 6.30. The molecule has 94 valence electrons. The Morgan fingerprint density at radius 2 is 2.18 bits per heavy atom. The molecule has 0 aliphatic heterocycles. The van der Waals surface area contributed by atoms with Gasteiger partial charge in [-0.25, -0.2) is 0 Å². The van der Waals surface area contributed by atoms with E-state index < -0.39 is 0 Å². The van der Waals surface area contributed by atoms with Gasteiger partial charge in [0, 0.05) is 37.3 Å². The molecule has 0 aliphatic carbocycles. The Labute approximate surface area is 104 Å². The second-order valence-corrected chi connectivity index (χ2v) is 4.59. The molecule has 0 amide bonds. The molecule has 0 aromatic carbocycles. The third-order valence-electron chi connectivity index (χ3n) is 2.63. The average Bonchev–Trinajstić information content (AvgIpc) is 2.29. The lowest BCUT2D eigenvalue weighted by Crippen LogP contribution is -2.25. The Balaban J connectivity index is 2.34. The first-order valence-electron chi connectivity index (χ1n) is 6.30. The van der Waals surface area contributed by atoms with E-state index >= 15 is 0 Å². The molecule has 1 aromatic heterocycles. The van der Waals surface area contributed by atoms with E-state index in [1.165, 1.54) is 5.56 Å². The first kappa shape index (κ1) is 13.8. The van der Waals surface area contributed by atoms with E-state index in [4.69, 9.17) is 0 Å². The Bertz CT molecular complexity index is 344. The largest absolute Gasteiger partial charge is 0.314 e. The number of aromatic nitrogens is 1. The highest BCUT2D eigenvalue weighted by Crippen LogP contribution is 2.03. The van der Waals surface area contributed by atoms with Gasteiger partial charge >= 0.3 is 0 Å². The van der Waals surface area contributed by atoms with Gasteiger partial charge in [0.2, 0.25) is 0 Å². The van der Waals surface area contributed by atoms with E-state index in [-0.39, 0.29) is 5.78 Å². The zero-order valence-electron chi connectivity index (χ0n) is 11.0. The van der Waals surface area contributed by atoms with Crippen LogP contribution in [0.1, 0.15) is 38.4 Å². The lowest BCUT2D eigenvalue weighted by Gasteiger charge is -2.07. The van der Waals surface area contributed by atoms with Gasteiger partial charge in [0.25, 0.3) is 0 Å². The van der Waals surface area contributed by atoms with Crippen LogP contribution in [0.4, 0.5) is 0 Å².